The summed E-state index contributed by atoms with van der Waals surface area (Å²) < 4.78 is 29.7. The van der Waals surface area contributed by atoms with Gasteiger partial charge in [-0.3, -0.25) is 4.79 Å². The van der Waals surface area contributed by atoms with Gasteiger partial charge >= 0.3 is 0 Å². The molecule has 1 amide bonds. The Morgan fingerprint density at radius 1 is 1.26 bits per heavy atom. The molecular weight excluding hydrogens is 414 g/mol. The second-order valence-corrected chi connectivity index (χ2v) is 9.10. The minimum Gasteiger partial charge on any atom is -0.339 e. The summed E-state index contributed by atoms with van der Waals surface area (Å²) in [5, 5.41) is 15.5. The van der Waals surface area contributed by atoms with E-state index in [0.717, 1.165) is 5.01 Å². The van der Waals surface area contributed by atoms with Gasteiger partial charge in [-0.05, 0) is 31.2 Å². The van der Waals surface area contributed by atoms with Gasteiger partial charge in [0.2, 0.25) is 16.9 Å². The van der Waals surface area contributed by atoms with Crippen LogP contribution in [-0.2, 0) is 26.8 Å². The lowest BCUT2D eigenvalue weighted by Gasteiger charge is -2.01. The van der Waals surface area contributed by atoms with Gasteiger partial charge in [0.15, 0.2) is 15.7 Å². The van der Waals surface area contributed by atoms with E-state index in [1.54, 1.807) is 6.92 Å². The largest absolute Gasteiger partial charge is 0.339 e. The average molecular weight is 428 g/mol. The standard InChI is InChI=1S/C15H14ClN5O4S2/c1-9-19-20-15(26-9)18-13(22)6-7-14-17-12(21-25-14)8-27(23,24)11-4-2-10(16)3-5-11/h2-5H,6-8H2,1H3,(H,18,20,22). The summed E-state index contributed by atoms with van der Waals surface area (Å²) in [4.78, 5) is 16.0. The smallest absolute Gasteiger partial charge is 0.227 e. The predicted octanol–water partition coefficient (Wildman–Crippen LogP) is 2.43. The fourth-order valence-corrected chi connectivity index (χ4v) is 4.00. The lowest BCUT2D eigenvalue weighted by molar-refractivity contribution is -0.116. The number of nitrogens with one attached hydrogen (secondary N) is 1. The molecule has 12 heteroatoms. The van der Waals surface area contributed by atoms with Crippen LogP contribution in [0.15, 0.2) is 33.7 Å². The topological polar surface area (TPSA) is 128 Å². The van der Waals surface area contributed by atoms with Gasteiger partial charge in [-0.15, -0.1) is 10.2 Å². The van der Waals surface area contributed by atoms with Crippen LogP contribution in [0.2, 0.25) is 5.02 Å². The zero-order valence-electron chi connectivity index (χ0n) is 14.0. The number of aryl methyl sites for hydroxylation is 2. The first-order valence-corrected chi connectivity index (χ1v) is 10.6. The minimum absolute atomic E-state index is 0.0279. The first-order valence-electron chi connectivity index (χ1n) is 7.71. The number of hydrogen-bond donors (Lipinski definition) is 1. The van der Waals surface area contributed by atoms with Crippen molar-refractivity contribution < 1.29 is 17.7 Å². The van der Waals surface area contributed by atoms with Crippen molar-refractivity contribution in [3.63, 3.8) is 0 Å². The summed E-state index contributed by atoms with van der Waals surface area (Å²) in [6.07, 6.45) is 0.266. The van der Waals surface area contributed by atoms with Crippen molar-refractivity contribution in [3.05, 3.63) is 46.0 Å². The van der Waals surface area contributed by atoms with Crippen LogP contribution in [0, 0.1) is 6.92 Å². The van der Waals surface area contributed by atoms with Crippen LogP contribution in [0.25, 0.3) is 0 Å². The molecule has 0 aliphatic heterocycles. The SMILES string of the molecule is Cc1nnc(NC(=O)CCc2nc(CS(=O)(=O)c3ccc(Cl)cc3)no2)s1. The maximum absolute atomic E-state index is 12.4. The summed E-state index contributed by atoms with van der Waals surface area (Å²) in [7, 11) is -3.62. The lowest BCUT2D eigenvalue weighted by atomic mass is 10.3. The van der Waals surface area contributed by atoms with Crippen LogP contribution < -0.4 is 5.32 Å². The molecule has 3 aromatic rings. The number of halogens is 1. The third kappa shape index (κ3) is 5.31. The quantitative estimate of drug-likeness (QED) is 0.608. The highest BCUT2D eigenvalue weighted by atomic mass is 35.5. The van der Waals surface area contributed by atoms with Gasteiger partial charge in [-0.2, -0.15) is 4.98 Å². The number of amides is 1. The third-order valence-corrected chi connectivity index (χ3v) is 5.98. The van der Waals surface area contributed by atoms with Gasteiger partial charge < -0.3 is 9.84 Å². The van der Waals surface area contributed by atoms with Gasteiger partial charge in [-0.1, -0.05) is 28.1 Å². The van der Waals surface area contributed by atoms with E-state index in [0.29, 0.717) is 10.2 Å². The van der Waals surface area contributed by atoms with E-state index < -0.39 is 15.6 Å². The van der Waals surface area contributed by atoms with Crippen LogP contribution in [0.3, 0.4) is 0 Å². The second kappa shape index (κ2) is 8.11. The molecule has 3 rings (SSSR count). The molecule has 0 bridgehead atoms. The number of hydrogen-bond acceptors (Lipinski definition) is 9. The van der Waals surface area contributed by atoms with Crippen molar-refractivity contribution in [1.29, 1.82) is 0 Å². The van der Waals surface area contributed by atoms with Crippen LogP contribution in [0.5, 0.6) is 0 Å². The fraction of sp³-hybridized carbons (Fsp3) is 0.267. The Bertz CT molecular complexity index is 1050. The van der Waals surface area contributed by atoms with Crippen molar-refractivity contribution in [2.75, 3.05) is 5.32 Å². The molecular formula is C15H14ClN5O4S2. The van der Waals surface area contributed by atoms with Crippen LogP contribution >= 0.6 is 22.9 Å². The number of anilines is 1. The molecule has 9 nitrogen and oxygen atoms in total. The van der Waals surface area contributed by atoms with Gasteiger partial charge in [0.1, 0.15) is 10.8 Å². The molecule has 0 saturated carbocycles. The fourth-order valence-electron chi connectivity index (χ4n) is 2.09. The van der Waals surface area contributed by atoms with Gasteiger partial charge in [0, 0.05) is 17.9 Å². The average Bonchev–Trinajstić information content (AvgIpc) is 3.22. The number of rotatable bonds is 7. The van der Waals surface area contributed by atoms with Crippen molar-refractivity contribution in [3.8, 4) is 0 Å². The molecule has 27 heavy (non-hydrogen) atoms. The highest BCUT2D eigenvalue weighted by Crippen LogP contribution is 2.18. The van der Waals surface area contributed by atoms with E-state index >= 15 is 0 Å². The van der Waals surface area contributed by atoms with Crippen LogP contribution in [0.4, 0.5) is 5.13 Å². The number of aromatic nitrogens is 4. The molecule has 2 aromatic heterocycles. The number of nitrogens with zero attached hydrogens (tertiary/aromatic N) is 4. The summed E-state index contributed by atoms with van der Waals surface area (Å²) in [5.41, 5.74) is 0. The van der Waals surface area contributed by atoms with Crippen LogP contribution in [0.1, 0.15) is 23.1 Å². The van der Waals surface area contributed by atoms with Crippen molar-refractivity contribution >= 4 is 43.8 Å². The van der Waals surface area contributed by atoms with Crippen LogP contribution in [-0.4, -0.2) is 34.7 Å². The first kappa shape index (κ1) is 19.4. The normalized spacial score (nSPS) is 11.5. The maximum Gasteiger partial charge on any atom is 0.227 e. The Kier molecular flexibility index (Phi) is 5.82. The first-order chi connectivity index (χ1) is 12.8. The number of carbonyl (C=O) groups is 1. The Morgan fingerprint density at radius 2 is 2.00 bits per heavy atom. The molecule has 0 aliphatic rings. The summed E-state index contributed by atoms with van der Waals surface area (Å²) in [6.45, 7) is 1.78. The zero-order valence-corrected chi connectivity index (χ0v) is 16.4. The summed E-state index contributed by atoms with van der Waals surface area (Å²) in [5.74, 6) is -0.478. The van der Waals surface area contributed by atoms with E-state index in [1.165, 1.54) is 35.6 Å². The van der Waals surface area contributed by atoms with Gasteiger partial charge in [0.05, 0.1) is 4.90 Å². The maximum atomic E-state index is 12.4. The van der Waals surface area contributed by atoms with E-state index in [-0.39, 0.29) is 35.4 Å². The lowest BCUT2D eigenvalue weighted by Crippen LogP contribution is -2.12. The van der Waals surface area contributed by atoms with Crippen molar-refractivity contribution in [1.82, 2.24) is 20.3 Å². The molecule has 0 saturated heterocycles. The second-order valence-electron chi connectivity index (χ2n) is 5.49. The number of carbonyl (C=O) groups excluding carboxylic acids is 1. The molecule has 1 aromatic carbocycles. The highest BCUT2D eigenvalue weighted by Gasteiger charge is 2.19. The Hall–Kier alpha value is -2.37. The monoisotopic (exact) mass is 427 g/mol. The molecule has 2 heterocycles. The Morgan fingerprint density at radius 3 is 2.67 bits per heavy atom. The van der Waals surface area contributed by atoms with E-state index in [2.05, 4.69) is 25.7 Å². The van der Waals surface area contributed by atoms with E-state index in [4.69, 9.17) is 16.1 Å². The molecule has 0 aliphatic carbocycles. The molecule has 0 atom stereocenters. The zero-order chi connectivity index (χ0) is 19.4. The summed E-state index contributed by atoms with van der Waals surface area (Å²) in [6, 6.07) is 5.82. The predicted molar refractivity (Wildman–Crippen MR) is 98.2 cm³/mol. The van der Waals surface area contributed by atoms with Gasteiger partial charge in [-0.25, -0.2) is 8.42 Å². The number of benzene rings is 1. The third-order valence-electron chi connectivity index (χ3n) is 3.34. The molecule has 0 fully saturated rings. The molecule has 1 N–H and O–H groups in total. The summed E-state index contributed by atoms with van der Waals surface area (Å²) >= 11 is 7.03. The van der Waals surface area contributed by atoms with E-state index in [9.17, 15) is 13.2 Å². The number of sulfone groups is 1. The molecule has 0 radical (unpaired) electrons. The Balaban J connectivity index is 1.56. The van der Waals surface area contributed by atoms with Crippen molar-refractivity contribution in [2.45, 2.75) is 30.4 Å². The minimum atomic E-state index is -3.62. The Labute approximate surface area is 163 Å². The van der Waals surface area contributed by atoms with E-state index in [1.807, 2.05) is 0 Å². The highest BCUT2D eigenvalue weighted by molar-refractivity contribution is 7.90. The molecule has 0 unspecified atom stereocenters. The molecule has 142 valence electrons. The molecule has 0 spiro atoms. The van der Waals surface area contributed by atoms with Gasteiger partial charge in [0.25, 0.3) is 0 Å². The van der Waals surface area contributed by atoms with Crippen molar-refractivity contribution in [2.24, 2.45) is 0 Å².